The molecule has 8 heteroatoms. The van der Waals surface area contributed by atoms with E-state index in [-0.39, 0.29) is 11.8 Å². The Kier molecular flexibility index (Phi) is 9.97. The highest BCUT2D eigenvalue weighted by atomic mass is 32.2. The minimum atomic E-state index is -3.41. The van der Waals surface area contributed by atoms with Gasteiger partial charge in [-0.3, -0.25) is 0 Å². The van der Waals surface area contributed by atoms with Crippen LogP contribution < -0.4 is 15.4 Å². The van der Waals surface area contributed by atoms with Crippen molar-refractivity contribution in [1.29, 1.82) is 0 Å². The van der Waals surface area contributed by atoms with E-state index in [0.29, 0.717) is 32.0 Å². The van der Waals surface area contributed by atoms with Gasteiger partial charge in [0.25, 0.3) is 0 Å². The number of rotatable bonds is 11. The molecule has 2 aromatic carbocycles. The average molecular weight is 447 g/mol. The Labute approximate surface area is 186 Å². The van der Waals surface area contributed by atoms with E-state index in [4.69, 9.17) is 0 Å². The number of nitrogens with zero attached hydrogens (tertiary/aromatic N) is 1. The summed E-state index contributed by atoms with van der Waals surface area (Å²) in [5.41, 5.74) is 2.48. The molecule has 2 aromatic rings. The Morgan fingerprint density at radius 3 is 2.29 bits per heavy atom. The molecule has 0 aliphatic carbocycles. The highest BCUT2D eigenvalue weighted by molar-refractivity contribution is 7.88. The molecule has 1 atom stereocenters. The molecule has 0 fully saturated rings. The van der Waals surface area contributed by atoms with E-state index >= 15 is 0 Å². The van der Waals surface area contributed by atoms with Crippen molar-refractivity contribution >= 4 is 16.0 Å². The van der Waals surface area contributed by atoms with Gasteiger partial charge < -0.3 is 15.7 Å². The third-order valence-electron chi connectivity index (χ3n) is 4.53. The van der Waals surface area contributed by atoms with Gasteiger partial charge in [0.1, 0.15) is 0 Å². The topological polar surface area (TPSA) is 103 Å². The quantitative estimate of drug-likeness (QED) is 0.314. The van der Waals surface area contributed by atoms with Crippen molar-refractivity contribution < 1.29 is 13.5 Å². The molecule has 0 saturated heterocycles. The van der Waals surface area contributed by atoms with Crippen LogP contribution in [0.25, 0.3) is 0 Å². The SMILES string of the molecule is CCNC(=NCc1ccccc1CS(=O)(=O)NC(C)C)NCCC(O)c1ccccc1. The molecule has 2 rings (SSSR count). The first-order valence-corrected chi connectivity index (χ1v) is 12.3. The molecular formula is C23H34N4O3S. The van der Waals surface area contributed by atoms with Gasteiger partial charge >= 0.3 is 0 Å². The molecule has 4 N–H and O–H groups in total. The van der Waals surface area contributed by atoms with E-state index in [1.165, 1.54) is 0 Å². The van der Waals surface area contributed by atoms with E-state index < -0.39 is 16.1 Å². The van der Waals surface area contributed by atoms with Crippen molar-refractivity contribution in [1.82, 2.24) is 15.4 Å². The number of guanidine groups is 1. The van der Waals surface area contributed by atoms with Gasteiger partial charge in [-0.25, -0.2) is 18.1 Å². The van der Waals surface area contributed by atoms with Crippen LogP contribution in [-0.2, 0) is 22.3 Å². The van der Waals surface area contributed by atoms with Gasteiger partial charge in [0, 0.05) is 19.1 Å². The second-order valence-corrected chi connectivity index (χ2v) is 9.39. The molecule has 0 saturated carbocycles. The molecule has 31 heavy (non-hydrogen) atoms. The molecule has 0 amide bonds. The fraction of sp³-hybridized carbons (Fsp3) is 0.435. The number of aliphatic hydroxyl groups is 1. The maximum absolute atomic E-state index is 12.3. The zero-order valence-corrected chi connectivity index (χ0v) is 19.3. The van der Waals surface area contributed by atoms with Crippen molar-refractivity contribution in [3.05, 3.63) is 71.3 Å². The Morgan fingerprint density at radius 2 is 1.65 bits per heavy atom. The first kappa shape index (κ1) is 24.8. The first-order chi connectivity index (χ1) is 14.8. The third-order valence-corrected chi connectivity index (χ3v) is 6.05. The molecule has 0 spiro atoms. The fourth-order valence-electron chi connectivity index (χ4n) is 3.13. The van der Waals surface area contributed by atoms with E-state index in [1.807, 2.05) is 61.5 Å². The van der Waals surface area contributed by atoms with Crippen LogP contribution in [0.4, 0.5) is 0 Å². The van der Waals surface area contributed by atoms with Crippen LogP contribution in [0.3, 0.4) is 0 Å². The van der Waals surface area contributed by atoms with Crippen LogP contribution in [0.5, 0.6) is 0 Å². The smallest absolute Gasteiger partial charge is 0.216 e. The van der Waals surface area contributed by atoms with Crippen molar-refractivity contribution in [2.24, 2.45) is 4.99 Å². The predicted octanol–water partition coefficient (Wildman–Crippen LogP) is 2.69. The number of hydrogen-bond acceptors (Lipinski definition) is 4. The first-order valence-electron chi connectivity index (χ1n) is 10.6. The summed E-state index contributed by atoms with van der Waals surface area (Å²) in [7, 11) is -3.41. The van der Waals surface area contributed by atoms with Crippen molar-refractivity contribution in [3.63, 3.8) is 0 Å². The number of benzene rings is 2. The predicted molar refractivity (Wildman–Crippen MR) is 126 cm³/mol. The van der Waals surface area contributed by atoms with Crippen LogP contribution in [0.2, 0.25) is 0 Å². The van der Waals surface area contributed by atoms with E-state index in [9.17, 15) is 13.5 Å². The Bertz CT molecular complexity index is 931. The summed E-state index contributed by atoms with van der Waals surface area (Å²) in [6.07, 6.45) is 0.000362. The highest BCUT2D eigenvalue weighted by Crippen LogP contribution is 2.15. The molecule has 0 radical (unpaired) electrons. The lowest BCUT2D eigenvalue weighted by molar-refractivity contribution is 0.168. The molecule has 0 aliphatic rings. The highest BCUT2D eigenvalue weighted by Gasteiger charge is 2.15. The molecule has 1 unspecified atom stereocenters. The number of aliphatic hydroxyl groups excluding tert-OH is 1. The minimum Gasteiger partial charge on any atom is -0.388 e. The van der Waals surface area contributed by atoms with Crippen molar-refractivity contribution in [3.8, 4) is 0 Å². The summed E-state index contributed by atoms with van der Waals surface area (Å²) in [6, 6.07) is 16.8. The van der Waals surface area contributed by atoms with Gasteiger partial charge in [0.2, 0.25) is 10.0 Å². The Hall–Kier alpha value is -2.42. The van der Waals surface area contributed by atoms with Crippen LogP contribution in [0, 0.1) is 0 Å². The van der Waals surface area contributed by atoms with Gasteiger partial charge in [-0.05, 0) is 43.9 Å². The van der Waals surface area contributed by atoms with E-state index in [0.717, 1.165) is 16.7 Å². The summed E-state index contributed by atoms with van der Waals surface area (Å²) in [6.45, 7) is 7.18. The summed E-state index contributed by atoms with van der Waals surface area (Å²) in [4.78, 5) is 4.60. The number of hydrogen-bond donors (Lipinski definition) is 4. The summed E-state index contributed by atoms with van der Waals surface area (Å²) >= 11 is 0. The van der Waals surface area contributed by atoms with Crippen LogP contribution in [-0.4, -0.2) is 38.6 Å². The maximum atomic E-state index is 12.3. The fourth-order valence-corrected chi connectivity index (χ4v) is 4.63. The monoisotopic (exact) mass is 446 g/mol. The molecule has 0 heterocycles. The van der Waals surface area contributed by atoms with Crippen molar-refractivity contribution in [2.75, 3.05) is 13.1 Å². The minimum absolute atomic E-state index is 0.0793. The van der Waals surface area contributed by atoms with Gasteiger partial charge in [0.15, 0.2) is 5.96 Å². The molecule has 7 nitrogen and oxygen atoms in total. The van der Waals surface area contributed by atoms with Crippen LogP contribution in [0.15, 0.2) is 59.6 Å². The lowest BCUT2D eigenvalue weighted by Crippen LogP contribution is -2.38. The summed E-state index contributed by atoms with van der Waals surface area (Å²) < 4.78 is 27.3. The number of nitrogens with one attached hydrogen (secondary N) is 3. The maximum Gasteiger partial charge on any atom is 0.216 e. The lowest BCUT2D eigenvalue weighted by atomic mass is 10.1. The number of sulfonamides is 1. The number of aliphatic imine (C=N–C) groups is 1. The normalized spacial score (nSPS) is 13.3. The van der Waals surface area contributed by atoms with Gasteiger partial charge in [0.05, 0.1) is 18.4 Å². The second-order valence-electron chi connectivity index (χ2n) is 7.64. The van der Waals surface area contributed by atoms with Crippen molar-refractivity contribution in [2.45, 2.75) is 51.6 Å². The van der Waals surface area contributed by atoms with Crippen LogP contribution in [0.1, 0.15) is 50.0 Å². The molecular weight excluding hydrogens is 412 g/mol. The third kappa shape index (κ3) is 9.08. The van der Waals surface area contributed by atoms with E-state index in [2.05, 4.69) is 20.3 Å². The Morgan fingerprint density at radius 1 is 1.00 bits per heavy atom. The second kappa shape index (κ2) is 12.4. The summed E-state index contributed by atoms with van der Waals surface area (Å²) in [5.74, 6) is 0.546. The van der Waals surface area contributed by atoms with E-state index in [1.54, 1.807) is 13.8 Å². The average Bonchev–Trinajstić information content (AvgIpc) is 2.72. The zero-order valence-electron chi connectivity index (χ0n) is 18.5. The zero-order chi connectivity index (χ0) is 22.7. The molecule has 0 aliphatic heterocycles. The molecule has 0 aromatic heterocycles. The standard InChI is InChI=1S/C23H34N4O3S/c1-4-24-23(25-15-14-22(28)19-10-6-5-7-11-19)26-16-20-12-8-9-13-21(20)17-31(29,30)27-18(2)3/h5-13,18,22,27-28H,4,14-17H2,1-3H3,(H2,24,25,26). The molecule has 0 bridgehead atoms. The van der Waals surface area contributed by atoms with Gasteiger partial charge in [-0.15, -0.1) is 0 Å². The van der Waals surface area contributed by atoms with Crippen LogP contribution >= 0.6 is 0 Å². The van der Waals surface area contributed by atoms with Gasteiger partial charge in [-0.2, -0.15) is 0 Å². The largest absolute Gasteiger partial charge is 0.388 e. The Balaban J connectivity index is 2.00. The lowest BCUT2D eigenvalue weighted by Gasteiger charge is -2.15. The molecule has 170 valence electrons. The summed E-state index contributed by atoms with van der Waals surface area (Å²) in [5, 5.41) is 16.7. The van der Waals surface area contributed by atoms with Gasteiger partial charge in [-0.1, -0.05) is 54.6 Å².